The van der Waals surface area contributed by atoms with Crippen molar-refractivity contribution < 1.29 is 4.39 Å². The Morgan fingerprint density at radius 3 is 2.67 bits per heavy atom. The molecule has 0 aromatic heterocycles. The summed E-state index contributed by atoms with van der Waals surface area (Å²) in [6.07, 6.45) is 1.96. The molecule has 1 nitrogen and oxygen atoms in total. The zero-order valence-electron chi connectivity index (χ0n) is 9.18. The summed E-state index contributed by atoms with van der Waals surface area (Å²) >= 11 is 0. The lowest BCUT2D eigenvalue weighted by molar-refractivity contribution is 0.516. The molecular formula is C13H15FN. The van der Waals surface area contributed by atoms with E-state index in [1.807, 2.05) is 12.1 Å². The molecule has 0 fully saturated rings. The number of hydrogen-bond donors (Lipinski definition) is 0. The molecule has 2 heteroatoms. The van der Waals surface area contributed by atoms with Gasteiger partial charge in [0.2, 0.25) is 0 Å². The van der Waals surface area contributed by atoms with Crippen molar-refractivity contribution in [3.63, 3.8) is 0 Å². The molecule has 0 saturated heterocycles. The van der Waals surface area contributed by atoms with Crippen LogP contribution in [0.25, 0.3) is 0 Å². The Bertz CT molecular complexity index is 365. The Labute approximate surface area is 90.5 Å². The number of rotatable bonds is 4. The van der Waals surface area contributed by atoms with Crippen LogP contribution in [0.5, 0.6) is 0 Å². The van der Waals surface area contributed by atoms with Gasteiger partial charge >= 0.3 is 0 Å². The monoisotopic (exact) mass is 204 g/mol. The number of alkyl halides is 1. The lowest BCUT2D eigenvalue weighted by atomic mass is 9.96. The summed E-state index contributed by atoms with van der Waals surface area (Å²) in [5.74, 6) is 0.685. The molecule has 0 bridgehead atoms. The van der Waals surface area contributed by atoms with Gasteiger partial charge in [-0.2, -0.15) is 5.26 Å². The molecule has 1 radical (unpaired) electrons. The van der Waals surface area contributed by atoms with E-state index in [4.69, 9.17) is 5.26 Å². The number of halogens is 1. The molecule has 1 aromatic carbocycles. The van der Waals surface area contributed by atoms with Crippen molar-refractivity contribution in [1.82, 2.24) is 0 Å². The highest BCUT2D eigenvalue weighted by Crippen LogP contribution is 2.19. The fourth-order valence-electron chi connectivity index (χ4n) is 1.51. The van der Waals surface area contributed by atoms with Crippen molar-refractivity contribution in [2.24, 2.45) is 0 Å². The lowest BCUT2D eigenvalue weighted by Crippen LogP contribution is -1.99. The average molecular weight is 204 g/mol. The molecule has 0 saturated carbocycles. The fourth-order valence-corrected chi connectivity index (χ4v) is 1.51. The lowest BCUT2D eigenvalue weighted by Gasteiger charge is -2.09. The van der Waals surface area contributed by atoms with Gasteiger partial charge in [0.15, 0.2) is 0 Å². The van der Waals surface area contributed by atoms with Crippen LogP contribution >= 0.6 is 0 Å². The summed E-state index contributed by atoms with van der Waals surface area (Å²) in [6, 6.07) is 7.70. The Kier molecular flexibility index (Phi) is 4.30. The van der Waals surface area contributed by atoms with Crippen LogP contribution in [0, 0.1) is 17.2 Å². The van der Waals surface area contributed by atoms with Crippen molar-refractivity contribution in [3.8, 4) is 6.07 Å². The third-order valence-corrected chi connectivity index (χ3v) is 2.35. The maximum absolute atomic E-state index is 12.5. The van der Waals surface area contributed by atoms with Crippen LogP contribution in [0.3, 0.4) is 0 Å². The Morgan fingerprint density at radius 1 is 1.40 bits per heavy atom. The molecule has 0 aliphatic rings. The summed E-state index contributed by atoms with van der Waals surface area (Å²) in [5, 5.41) is 8.86. The highest BCUT2D eigenvalue weighted by molar-refractivity contribution is 5.42. The first kappa shape index (κ1) is 11.7. The number of nitrogens with zero attached hydrogens (tertiary/aromatic N) is 1. The molecule has 0 aliphatic carbocycles. The van der Waals surface area contributed by atoms with E-state index < -0.39 is 6.67 Å². The molecular weight excluding hydrogens is 189 g/mol. The van der Waals surface area contributed by atoms with Crippen molar-refractivity contribution in [3.05, 3.63) is 40.8 Å². The second-order valence-electron chi connectivity index (χ2n) is 3.69. The molecule has 1 rings (SSSR count). The van der Waals surface area contributed by atoms with E-state index in [9.17, 15) is 4.39 Å². The van der Waals surface area contributed by atoms with E-state index in [1.165, 1.54) is 0 Å². The summed E-state index contributed by atoms with van der Waals surface area (Å²) in [7, 11) is 0. The highest BCUT2D eigenvalue weighted by Gasteiger charge is 2.08. The normalized spacial score (nSPS) is 10.3. The van der Waals surface area contributed by atoms with Gasteiger partial charge in [0.05, 0.1) is 18.3 Å². The fraction of sp³-hybridized carbons (Fsp3) is 0.385. The van der Waals surface area contributed by atoms with Gasteiger partial charge in [-0.05, 0) is 29.7 Å². The van der Waals surface area contributed by atoms with Gasteiger partial charge in [-0.15, -0.1) is 0 Å². The van der Waals surface area contributed by atoms with Gasteiger partial charge in [0.1, 0.15) is 0 Å². The van der Waals surface area contributed by atoms with E-state index in [-0.39, 0.29) is 0 Å². The van der Waals surface area contributed by atoms with Gasteiger partial charge in [-0.1, -0.05) is 26.3 Å². The summed E-state index contributed by atoms with van der Waals surface area (Å²) in [6.45, 7) is 3.39. The predicted octanol–water partition coefficient (Wildman–Crippen LogP) is 3.42. The van der Waals surface area contributed by atoms with Gasteiger partial charge in [0, 0.05) is 5.92 Å². The van der Waals surface area contributed by atoms with Crippen molar-refractivity contribution in [2.45, 2.75) is 26.7 Å². The Hall–Kier alpha value is -1.36. The Morgan fingerprint density at radius 2 is 2.13 bits per heavy atom. The van der Waals surface area contributed by atoms with Crippen LogP contribution in [0.2, 0.25) is 0 Å². The number of aryl methyl sites for hydroxylation is 1. The third kappa shape index (κ3) is 3.06. The van der Waals surface area contributed by atoms with Gasteiger partial charge in [-0.3, -0.25) is 4.39 Å². The largest absolute Gasteiger partial charge is 0.250 e. The van der Waals surface area contributed by atoms with Crippen LogP contribution in [-0.2, 0) is 6.42 Å². The molecule has 1 aromatic rings. The van der Waals surface area contributed by atoms with Gasteiger partial charge in [-0.25, -0.2) is 0 Å². The molecule has 0 atom stereocenters. The minimum atomic E-state index is -0.458. The maximum atomic E-state index is 12.5. The quantitative estimate of drug-likeness (QED) is 0.737. The minimum absolute atomic E-state index is 0.458. The molecule has 0 N–H and O–H groups in total. The standard InChI is InChI=1S/C13H15FN/c1-3-4-11-5-12(9-15)7-13(6-11)10(2)8-14/h5-7H,3-4,8H2,1-2H3. The van der Waals surface area contributed by atoms with Gasteiger partial charge < -0.3 is 0 Å². The van der Waals surface area contributed by atoms with Crippen molar-refractivity contribution in [1.29, 1.82) is 5.26 Å². The molecule has 0 heterocycles. The smallest absolute Gasteiger partial charge is 0.0997 e. The molecule has 0 aliphatic heterocycles. The van der Waals surface area contributed by atoms with E-state index in [2.05, 4.69) is 13.0 Å². The van der Waals surface area contributed by atoms with E-state index in [0.717, 1.165) is 24.0 Å². The minimum Gasteiger partial charge on any atom is -0.250 e. The molecule has 0 amide bonds. The van der Waals surface area contributed by atoms with Crippen molar-refractivity contribution >= 4 is 0 Å². The third-order valence-electron chi connectivity index (χ3n) is 2.35. The topological polar surface area (TPSA) is 23.8 Å². The van der Waals surface area contributed by atoms with Crippen LogP contribution in [0.1, 0.15) is 37.0 Å². The number of benzene rings is 1. The van der Waals surface area contributed by atoms with Crippen LogP contribution in [-0.4, -0.2) is 6.67 Å². The zero-order valence-corrected chi connectivity index (χ0v) is 9.18. The number of nitriles is 1. The van der Waals surface area contributed by atoms with Crippen LogP contribution in [0.15, 0.2) is 18.2 Å². The zero-order chi connectivity index (χ0) is 11.3. The second kappa shape index (κ2) is 5.50. The summed E-state index contributed by atoms with van der Waals surface area (Å²) in [4.78, 5) is 0. The van der Waals surface area contributed by atoms with Crippen LogP contribution < -0.4 is 0 Å². The van der Waals surface area contributed by atoms with Gasteiger partial charge in [0.25, 0.3) is 0 Å². The first-order chi connectivity index (χ1) is 7.21. The first-order valence-corrected chi connectivity index (χ1v) is 5.14. The molecule has 79 valence electrons. The first-order valence-electron chi connectivity index (χ1n) is 5.14. The maximum Gasteiger partial charge on any atom is 0.0997 e. The van der Waals surface area contributed by atoms with E-state index >= 15 is 0 Å². The Balaban J connectivity index is 3.06. The van der Waals surface area contributed by atoms with Crippen molar-refractivity contribution in [2.75, 3.05) is 6.67 Å². The van der Waals surface area contributed by atoms with E-state index in [0.29, 0.717) is 11.5 Å². The number of hydrogen-bond acceptors (Lipinski definition) is 1. The van der Waals surface area contributed by atoms with E-state index in [1.54, 1.807) is 13.0 Å². The SMILES string of the molecule is CCCc1cc(C#N)cc([C](C)CF)c1. The molecule has 0 spiro atoms. The average Bonchev–Trinajstić information content (AvgIpc) is 2.28. The predicted molar refractivity (Wildman–Crippen MR) is 59.1 cm³/mol. The molecule has 0 unspecified atom stereocenters. The van der Waals surface area contributed by atoms with Crippen LogP contribution in [0.4, 0.5) is 4.39 Å². The summed E-state index contributed by atoms with van der Waals surface area (Å²) < 4.78 is 12.5. The summed E-state index contributed by atoms with van der Waals surface area (Å²) in [5.41, 5.74) is 2.57. The second-order valence-corrected chi connectivity index (χ2v) is 3.69. The highest BCUT2D eigenvalue weighted by atomic mass is 19.1. The molecule has 15 heavy (non-hydrogen) atoms.